The van der Waals surface area contributed by atoms with Crippen molar-refractivity contribution in [1.29, 1.82) is 0 Å². The smallest absolute Gasteiger partial charge is 0.422 e. The van der Waals surface area contributed by atoms with Gasteiger partial charge in [-0.25, -0.2) is 13.9 Å². The van der Waals surface area contributed by atoms with E-state index < -0.39 is 28.2 Å². The zero-order chi connectivity index (χ0) is 15.3. The van der Waals surface area contributed by atoms with Crippen LogP contribution in [0, 0.1) is 5.82 Å². The molecule has 0 saturated heterocycles. The highest BCUT2D eigenvalue weighted by atomic mass is 32.2. The largest absolute Gasteiger partial charge is 0.446 e. The molecule has 0 unspecified atom stereocenters. The van der Waals surface area contributed by atoms with Gasteiger partial charge in [-0.3, -0.25) is 4.72 Å². The van der Waals surface area contributed by atoms with Crippen LogP contribution in [-0.2, 0) is 21.5 Å². The Balaban J connectivity index is 2.87. The average Bonchev–Trinajstić information content (AvgIpc) is 2.26. The molecule has 0 bridgehead atoms. The van der Waals surface area contributed by atoms with Crippen LogP contribution in [0.2, 0.25) is 0 Å². The van der Waals surface area contributed by atoms with E-state index in [9.17, 15) is 17.6 Å². The summed E-state index contributed by atoms with van der Waals surface area (Å²) in [5.74, 6) is -0.641. The number of nitrogens with one attached hydrogen (secondary N) is 2. The molecular formula is C11H16FN3O4S. The molecule has 0 saturated carbocycles. The first-order valence-electron chi connectivity index (χ1n) is 5.74. The molecular weight excluding hydrogens is 289 g/mol. The Kier molecular flexibility index (Phi) is 5.28. The van der Waals surface area contributed by atoms with Gasteiger partial charge in [0, 0.05) is 12.1 Å². The summed E-state index contributed by atoms with van der Waals surface area (Å²) in [5.41, 5.74) is 5.30. The molecule has 112 valence electrons. The standard InChI is InChI=1S/C11H16FN3O4S/c1-7(2)19-11(16)15-20(17,18)14-10-5-3-4-9(12)8(10)6-13/h3-5,7,14H,6,13H2,1-2H3,(H,15,16). The lowest BCUT2D eigenvalue weighted by Crippen LogP contribution is -2.37. The predicted molar refractivity (Wildman–Crippen MR) is 71.6 cm³/mol. The number of nitrogens with two attached hydrogens (primary N) is 1. The minimum Gasteiger partial charge on any atom is -0.446 e. The van der Waals surface area contributed by atoms with Crippen molar-refractivity contribution >= 4 is 22.0 Å². The maximum absolute atomic E-state index is 13.4. The fourth-order valence-electron chi connectivity index (χ4n) is 1.38. The Morgan fingerprint density at radius 1 is 1.45 bits per heavy atom. The zero-order valence-corrected chi connectivity index (χ0v) is 11.8. The molecule has 4 N–H and O–H groups in total. The summed E-state index contributed by atoms with van der Waals surface area (Å²) in [6.45, 7) is 2.94. The summed E-state index contributed by atoms with van der Waals surface area (Å²) in [7, 11) is -4.23. The van der Waals surface area contributed by atoms with Crippen LogP contribution in [0.1, 0.15) is 19.4 Å². The van der Waals surface area contributed by atoms with Crippen molar-refractivity contribution in [2.45, 2.75) is 26.5 Å². The van der Waals surface area contributed by atoms with E-state index in [1.807, 2.05) is 4.72 Å². The van der Waals surface area contributed by atoms with Gasteiger partial charge < -0.3 is 10.5 Å². The van der Waals surface area contributed by atoms with E-state index >= 15 is 0 Å². The van der Waals surface area contributed by atoms with Gasteiger partial charge in [0.2, 0.25) is 0 Å². The van der Waals surface area contributed by atoms with Crippen molar-refractivity contribution in [1.82, 2.24) is 4.72 Å². The van der Waals surface area contributed by atoms with Gasteiger partial charge in [-0.15, -0.1) is 0 Å². The summed E-state index contributed by atoms with van der Waals surface area (Å²) >= 11 is 0. The Hall–Kier alpha value is -1.87. The molecule has 1 aromatic rings. The van der Waals surface area contributed by atoms with Gasteiger partial charge >= 0.3 is 16.3 Å². The fraction of sp³-hybridized carbons (Fsp3) is 0.364. The van der Waals surface area contributed by atoms with Crippen LogP contribution >= 0.6 is 0 Å². The molecule has 0 fully saturated rings. The van der Waals surface area contributed by atoms with Crippen molar-refractivity contribution < 1.29 is 22.3 Å². The van der Waals surface area contributed by atoms with E-state index in [4.69, 9.17) is 5.73 Å². The Morgan fingerprint density at radius 2 is 2.10 bits per heavy atom. The first-order chi connectivity index (χ1) is 9.25. The SMILES string of the molecule is CC(C)OC(=O)NS(=O)(=O)Nc1cccc(F)c1CN. The number of amides is 1. The van der Waals surface area contributed by atoms with E-state index in [-0.39, 0.29) is 17.8 Å². The van der Waals surface area contributed by atoms with Crippen LogP contribution in [0.3, 0.4) is 0 Å². The van der Waals surface area contributed by atoms with Gasteiger partial charge in [-0.2, -0.15) is 8.42 Å². The van der Waals surface area contributed by atoms with E-state index in [1.54, 1.807) is 18.6 Å². The molecule has 0 atom stereocenters. The third-order valence-electron chi connectivity index (χ3n) is 2.13. The molecule has 0 spiro atoms. The van der Waals surface area contributed by atoms with Crippen molar-refractivity contribution in [3.63, 3.8) is 0 Å². The van der Waals surface area contributed by atoms with Gasteiger partial charge in [0.25, 0.3) is 0 Å². The van der Waals surface area contributed by atoms with E-state index in [1.165, 1.54) is 12.1 Å². The van der Waals surface area contributed by atoms with Gasteiger partial charge in [0.1, 0.15) is 5.82 Å². The molecule has 0 aromatic heterocycles. The normalized spacial score (nSPS) is 11.2. The molecule has 0 aliphatic rings. The molecule has 1 amide bonds. The Labute approximate surface area is 116 Å². The Bertz CT molecular complexity index is 589. The van der Waals surface area contributed by atoms with Crippen LogP contribution in [-0.4, -0.2) is 20.6 Å². The lowest BCUT2D eigenvalue weighted by Gasteiger charge is -2.13. The van der Waals surface area contributed by atoms with Crippen LogP contribution in [0.15, 0.2) is 18.2 Å². The van der Waals surface area contributed by atoms with E-state index in [0.29, 0.717) is 0 Å². The maximum atomic E-state index is 13.4. The monoisotopic (exact) mass is 305 g/mol. The molecule has 0 aliphatic heterocycles. The van der Waals surface area contributed by atoms with Crippen molar-refractivity contribution in [2.24, 2.45) is 5.73 Å². The minimum atomic E-state index is -4.23. The van der Waals surface area contributed by atoms with Crippen molar-refractivity contribution in [3.05, 3.63) is 29.6 Å². The fourth-order valence-corrected chi connectivity index (χ4v) is 2.18. The maximum Gasteiger partial charge on any atom is 0.422 e. The first kappa shape index (κ1) is 16.2. The molecule has 20 heavy (non-hydrogen) atoms. The molecule has 0 radical (unpaired) electrons. The number of carbonyl (C=O) groups is 1. The van der Waals surface area contributed by atoms with E-state index in [2.05, 4.69) is 4.74 Å². The number of benzene rings is 1. The summed E-state index contributed by atoms with van der Waals surface area (Å²) in [6, 6.07) is 3.80. The minimum absolute atomic E-state index is 0.00454. The predicted octanol–water partition coefficient (Wildman–Crippen LogP) is 1.08. The second-order valence-electron chi connectivity index (χ2n) is 4.13. The van der Waals surface area contributed by atoms with Crippen molar-refractivity contribution in [2.75, 3.05) is 4.72 Å². The Morgan fingerprint density at radius 3 is 2.65 bits per heavy atom. The molecule has 0 heterocycles. The molecule has 7 nitrogen and oxygen atoms in total. The molecule has 1 aromatic carbocycles. The summed E-state index contributed by atoms with van der Waals surface area (Å²) in [4.78, 5) is 11.2. The quantitative estimate of drug-likeness (QED) is 0.753. The number of rotatable bonds is 5. The van der Waals surface area contributed by atoms with Crippen LogP contribution in [0.25, 0.3) is 0 Å². The number of hydrogen-bond donors (Lipinski definition) is 3. The van der Waals surface area contributed by atoms with E-state index in [0.717, 1.165) is 6.07 Å². The summed E-state index contributed by atoms with van der Waals surface area (Å²) in [6.07, 6.45) is -1.60. The number of halogens is 1. The second kappa shape index (κ2) is 6.53. The van der Waals surface area contributed by atoms with Gasteiger partial charge in [0.05, 0.1) is 11.8 Å². The first-order valence-corrected chi connectivity index (χ1v) is 7.22. The second-order valence-corrected chi connectivity index (χ2v) is 5.55. The molecule has 0 aliphatic carbocycles. The third kappa shape index (κ3) is 4.67. The van der Waals surface area contributed by atoms with Crippen molar-refractivity contribution in [3.8, 4) is 0 Å². The number of hydrogen-bond acceptors (Lipinski definition) is 5. The number of ether oxygens (including phenoxy) is 1. The highest BCUT2D eigenvalue weighted by Crippen LogP contribution is 2.19. The van der Waals surface area contributed by atoms with Crippen LogP contribution < -0.4 is 15.2 Å². The van der Waals surface area contributed by atoms with Gasteiger partial charge in [-0.05, 0) is 26.0 Å². The van der Waals surface area contributed by atoms with Gasteiger partial charge in [-0.1, -0.05) is 6.07 Å². The lowest BCUT2D eigenvalue weighted by molar-refractivity contribution is 0.121. The van der Waals surface area contributed by atoms with Crippen LogP contribution in [0.4, 0.5) is 14.9 Å². The number of carbonyl (C=O) groups excluding carboxylic acids is 1. The van der Waals surface area contributed by atoms with Gasteiger partial charge in [0.15, 0.2) is 0 Å². The average molecular weight is 305 g/mol. The lowest BCUT2D eigenvalue weighted by atomic mass is 10.2. The highest BCUT2D eigenvalue weighted by Gasteiger charge is 2.18. The molecule has 1 rings (SSSR count). The molecule has 9 heteroatoms. The number of anilines is 1. The highest BCUT2D eigenvalue weighted by molar-refractivity contribution is 7.91. The van der Waals surface area contributed by atoms with Crippen LogP contribution in [0.5, 0.6) is 0 Å². The topological polar surface area (TPSA) is 111 Å². The zero-order valence-electron chi connectivity index (χ0n) is 11.0. The third-order valence-corrected chi connectivity index (χ3v) is 3.05. The summed E-state index contributed by atoms with van der Waals surface area (Å²) in [5, 5.41) is 0. The summed E-state index contributed by atoms with van der Waals surface area (Å²) < 4.78 is 45.1.